The fourth-order valence-corrected chi connectivity index (χ4v) is 4.89. The number of rotatable bonds is 3. The molecule has 4 heterocycles. The highest BCUT2D eigenvalue weighted by Crippen LogP contribution is 2.54. The van der Waals surface area contributed by atoms with Gasteiger partial charge in [-0.3, -0.25) is 14.6 Å². The molecule has 0 saturated carbocycles. The van der Waals surface area contributed by atoms with Crippen molar-refractivity contribution in [1.82, 2.24) is 9.55 Å². The second kappa shape index (κ2) is 7.58. The van der Waals surface area contributed by atoms with Gasteiger partial charge in [-0.25, -0.2) is 4.79 Å². The number of para-hydroxylation sites is 1. The quantitative estimate of drug-likeness (QED) is 0.593. The Morgan fingerprint density at radius 1 is 1.18 bits per heavy atom. The lowest BCUT2D eigenvalue weighted by Crippen LogP contribution is -2.51. The van der Waals surface area contributed by atoms with Crippen molar-refractivity contribution >= 4 is 17.6 Å². The summed E-state index contributed by atoms with van der Waals surface area (Å²) >= 11 is 0. The number of aryl methyl sites for hydroxylation is 1. The number of carbonyl (C=O) groups excluding carboxylic acids is 2. The summed E-state index contributed by atoms with van der Waals surface area (Å²) in [5, 5.41) is 0. The molecular formula is C25H22N4O5. The minimum absolute atomic E-state index is 0.0189. The monoisotopic (exact) mass is 458 g/mol. The van der Waals surface area contributed by atoms with E-state index in [0.29, 0.717) is 22.6 Å². The van der Waals surface area contributed by atoms with E-state index in [-0.39, 0.29) is 29.3 Å². The number of ether oxygens (including phenoxy) is 2. The minimum atomic E-state index is -1.81. The van der Waals surface area contributed by atoms with Gasteiger partial charge in [0.25, 0.3) is 5.56 Å². The summed E-state index contributed by atoms with van der Waals surface area (Å²) in [6.07, 6.45) is 1.64. The molecule has 0 bridgehead atoms. The molecule has 1 aromatic carbocycles. The maximum absolute atomic E-state index is 14.1. The van der Waals surface area contributed by atoms with Crippen LogP contribution in [0, 0.1) is 6.92 Å². The Morgan fingerprint density at radius 2 is 1.91 bits per heavy atom. The number of amides is 1. The minimum Gasteiger partial charge on any atom is -0.465 e. The SMILES string of the molecule is COC(=O)C1=C(N)Oc2cc(C)n(Cc3ccccn3)c(=O)c2C12C(=O)N(C)c1ccccc12. The fourth-order valence-electron chi connectivity index (χ4n) is 4.89. The Hall–Kier alpha value is -4.40. The molecule has 2 N–H and O–H groups in total. The van der Waals surface area contributed by atoms with Crippen molar-refractivity contribution in [1.29, 1.82) is 0 Å². The van der Waals surface area contributed by atoms with Crippen molar-refractivity contribution in [3.63, 3.8) is 0 Å². The summed E-state index contributed by atoms with van der Waals surface area (Å²) in [4.78, 5) is 46.9. The van der Waals surface area contributed by atoms with Crippen molar-refractivity contribution in [2.24, 2.45) is 5.73 Å². The van der Waals surface area contributed by atoms with Gasteiger partial charge in [-0.2, -0.15) is 0 Å². The first-order valence-electron chi connectivity index (χ1n) is 10.6. The largest absolute Gasteiger partial charge is 0.465 e. The zero-order valence-electron chi connectivity index (χ0n) is 18.9. The number of hydrogen-bond acceptors (Lipinski definition) is 7. The predicted octanol–water partition coefficient (Wildman–Crippen LogP) is 1.60. The molecule has 172 valence electrons. The number of aromatic nitrogens is 2. The normalized spacial score (nSPS) is 18.6. The number of likely N-dealkylation sites (N-methyl/N-ethyl adjacent to an activating group) is 1. The van der Waals surface area contributed by atoms with Gasteiger partial charge in [0, 0.05) is 36.3 Å². The van der Waals surface area contributed by atoms with Crippen LogP contribution in [-0.4, -0.2) is 35.6 Å². The lowest BCUT2D eigenvalue weighted by molar-refractivity contribution is -0.138. The van der Waals surface area contributed by atoms with Crippen molar-refractivity contribution in [3.8, 4) is 5.75 Å². The van der Waals surface area contributed by atoms with E-state index in [4.69, 9.17) is 15.2 Å². The first kappa shape index (κ1) is 21.4. The Bertz CT molecular complexity index is 1440. The molecule has 3 aromatic rings. The van der Waals surface area contributed by atoms with E-state index in [9.17, 15) is 14.4 Å². The van der Waals surface area contributed by atoms with Crippen molar-refractivity contribution in [2.45, 2.75) is 18.9 Å². The number of fused-ring (bicyclic) bond motifs is 4. The fraction of sp³-hybridized carbons (Fsp3) is 0.200. The zero-order valence-corrected chi connectivity index (χ0v) is 18.9. The Morgan fingerprint density at radius 3 is 2.62 bits per heavy atom. The second-order valence-corrected chi connectivity index (χ2v) is 8.20. The molecule has 0 aliphatic carbocycles. The number of benzene rings is 1. The van der Waals surface area contributed by atoms with Crippen molar-refractivity contribution in [3.05, 3.63) is 99.1 Å². The molecule has 2 aromatic heterocycles. The number of carbonyl (C=O) groups is 2. The average Bonchev–Trinajstić information content (AvgIpc) is 3.04. The molecule has 34 heavy (non-hydrogen) atoms. The molecule has 2 aliphatic rings. The summed E-state index contributed by atoms with van der Waals surface area (Å²) in [6, 6.07) is 14.1. The number of methoxy groups -OCH3 is 1. The van der Waals surface area contributed by atoms with Gasteiger partial charge in [-0.1, -0.05) is 24.3 Å². The van der Waals surface area contributed by atoms with Crippen LogP contribution in [-0.2, 0) is 26.3 Å². The summed E-state index contributed by atoms with van der Waals surface area (Å²) in [7, 11) is 2.78. The first-order valence-corrected chi connectivity index (χ1v) is 10.6. The highest BCUT2D eigenvalue weighted by molar-refractivity contribution is 6.18. The number of nitrogens with zero attached hydrogens (tertiary/aromatic N) is 3. The summed E-state index contributed by atoms with van der Waals surface area (Å²) in [6.45, 7) is 1.93. The van der Waals surface area contributed by atoms with Gasteiger partial charge in [0.1, 0.15) is 16.7 Å². The topological polar surface area (TPSA) is 117 Å². The van der Waals surface area contributed by atoms with Crippen LogP contribution in [0.4, 0.5) is 5.69 Å². The van der Waals surface area contributed by atoms with E-state index in [0.717, 1.165) is 0 Å². The van der Waals surface area contributed by atoms with E-state index in [2.05, 4.69) is 4.98 Å². The second-order valence-electron chi connectivity index (χ2n) is 8.20. The number of pyridine rings is 2. The first-order chi connectivity index (χ1) is 16.3. The third kappa shape index (κ3) is 2.73. The molecule has 1 spiro atoms. The van der Waals surface area contributed by atoms with E-state index in [1.807, 2.05) is 6.07 Å². The van der Waals surface area contributed by atoms with Crippen LogP contribution in [0.25, 0.3) is 0 Å². The van der Waals surface area contributed by atoms with Crippen LogP contribution in [0.2, 0.25) is 0 Å². The molecule has 2 aliphatic heterocycles. The molecule has 0 radical (unpaired) electrons. The Balaban J connectivity index is 1.88. The molecule has 1 amide bonds. The third-order valence-electron chi connectivity index (χ3n) is 6.42. The molecular weight excluding hydrogens is 436 g/mol. The van der Waals surface area contributed by atoms with Gasteiger partial charge in [-0.15, -0.1) is 0 Å². The van der Waals surface area contributed by atoms with E-state index in [1.54, 1.807) is 62.6 Å². The molecule has 0 fully saturated rings. The molecule has 1 atom stereocenters. The molecule has 9 nitrogen and oxygen atoms in total. The third-order valence-corrected chi connectivity index (χ3v) is 6.42. The summed E-state index contributed by atoms with van der Waals surface area (Å²) < 4.78 is 12.3. The predicted molar refractivity (Wildman–Crippen MR) is 123 cm³/mol. The molecule has 0 saturated heterocycles. The van der Waals surface area contributed by atoms with Gasteiger partial charge in [0.2, 0.25) is 11.8 Å². The molecule has 1 unspecified atom stereocenters. The van der Waals surface area contributed by atoms with Crippen molar-refractivity contribution in [2.75, 3.05) is 19.1 Å². The maximum Gasteiger partial charge on any atom is 0.340 e. The van der Waals surface area contributed by atoms with Crippen LogP contribution in [0.5, 0.6) is 5.75 Å². The maximum atomic E-state index is 14.1. The lowest BCUT2D eigenvalue weighted by atomic mass is 9.68. The Labute approximate surface area is 195 Å². The Kier molecular flexibility index (Phi) is 4.78. The van der Waals surface area contributed by atoms with Crippen LogP contribution in [0.15, 0.2) is 71.0 Å². The van der Waals surface area contributed by atoms with Crippen LogP contribution >= 0.6 is 0 Å². The lowest BCUT2D eigenvalue weighted by Gasteiger charge is -2.35. The number of hydrogen-bond donors (Lipinski definition) is 1. The molecule has 9 heteroatoms. The highest BCUT2D eigenvalue weighted by atomic mass is 16.5. The van der Waals surface area contributed by atoms with Crippen LogP contribution in [0.3, 0.4) is 0 Å². The summed E-state index contributed by atoms with van der Waals surface area (Å²) in [5.74, 6) is -1.49. The van der Waals surface area contributed by atoms with E-state index in [1.165, 1.54) is 16.6 Å². The van der Waals surface area contributed by atoms with Gasteiger partial charge in [0.05, 0.1) is 24.9 Å². The van der Waals surface area contributed by atoms with Crippen LogP contribution < -0.4 is 20.9 Å². The van der Waals surface area contributed by atoms with Gasteiger partial charge in [0.15, 0.2) is 0 Å². The number of esters is 1. The van der Waals surface area contributed by atoms with E-state index >= 15 is 0 Å². The van der Waals surface area contributed by atoms with E-state index < -0.39 is 22.9 Å². The smallest absolute Gasteiger partial charge is 0.340 e. The van der Waals surface area contributed by atoms with Gasteiger partial charge in [-0.05, 0) is 25.1 Å². The average molecular weight is 458 g/mol. The highest BCUT2D eigenvalue weighted by Gasteiger charge is 2.61. The van der Waals surface area contributed by atoms with Crippen molar-refractivity contribution < 1.29 is 19.1 Å². The number of anilines is 1. The van der Waals surface area contributed by atoms with Gasteiger partial charge < -0.3 is 24.7 Å². The molecule has 5 rings (SSSR count). The number of nitrogens with two attached hydrogens (primary N) is 1. The standard InChI is InChI=1S/C25H22N4O5/c1-14-12-18-19(22(30)29(14)13-15-8-6-7-11-27-15)25(20(21(26)34-18)23(31)33-3)16-9-4-5-10-17(16)28(2)24(25)32/h4-12H,13,26H2,1-3H3. The zero-order chi connectivity index (χ0) is 24.2. The van der Waals surface area contributed by atoms with Gasteiger partial charge >= 0.3 is 5.97 Å². The van der Waals surface area contributed by atoms with Crippen LogP contribution in [0.1, 0.15) is 22.5 Å². The summed E-state index contributed by atoms with van der Waals surface area (Å²) in [5.41, 5.74) is 6.01.